The highest BCUT2D eigenvalue weighted by molar-refractivity contribution is 6.07. The minimum absolute atomic E-state index is 0.134. The second kappa shape index (κ2) is 7.73. The highest BCUT2D eigenvalue weighted by Gasteiger charge is 2.18. The molecule has 1 saturated heterocycles. The summed E-state index contributed by atoms with van der Waals surface area (Å²) in [7, 11) is 1.64. The summed E-state index contributed by atoms with van der Waals surface area (Å²) in [6, 6.07) is 17.2. The van der Waals surface area contributed by atoms with E-state index < -0.39 is 0 Å². The first kappa shape index (κ1) is 17.5. The number of carbonyl (C=O) groups excluding carboxylic acids is 1. The number of fused-ring (bicyclic) bond motifs is 1. The molecule has 0 saturated carbocycles. The molecule has 6 heteroatoms. The Morgan fingerprint density at radius 2 is 1.85 bits per heavy atom. The number of benzene rings is 2. The van der Waals surface area contributed by atoms with Gasteiger partial charge in [-0.25, -0.2) is 9.99 Å². The molecule has 0 spiro atoms. The van der Waals surface area contributed by atoms with Crippen LogP contribution in [0.25, 0.3) is 22.2 Å². The van der Waals surface area contributed by atoms with Gasteiger partial charge in [-0.2, -0.15) is 0 Å². The predicted octanol–water partition coefficient (Wildman–Crippen LogP) is 2.89. The summed E-state index contributed by atoms with van der Waals surface area (Å²) in [6.45, 7) is 2.60. The Morgan fingerprint density at radius 1 is 1.11 bits per heavy atom. The van der Waals surface area contributed by atoms with E-state index in [9.17, 15) is 4.79 Å². The zero-order valence-electron chi connectivity index (χ0n) is 15.1. The fourth-order valence-electron chi connectivity index (χ4n) is 3.15. The molecule has 1 aromatic heterocycles. The molecule has 2 aromatic carbocycles. The van der Waals surface area contributed by atoms with E-state index in [-0.39, 0.29) is 5.91 Å². The number of pyridine rings is 1. The number of morpholine rings is 1. The summed E-state index contributed by atoms with van der Waals surface area (Å²) in [5, 5.41) is 2.73. The minimum Gasteiger partial charge on any atom is -0.497 e. The maximum absolute atomic E-state index is 13.0. The number of amides is 1. The zero-order chi connectivity index (χ0) is 18.6. The van der Waals surface area contributed by atoms with Crippen LogP contribution in [0.5, 0.6) is 5.75 Å². The maximum atomic E-state index is 13.0. The van der Waals surface area contributed by atoms with Gasteiger partial charge in [0.05, 0.1) is 37.1 Å². The van der Waals surface area contributed by atoms with Gasteiger partial charge in [0.15, 0.2) is 0 Å². The predicted molar refractivity (Wildman–Crippen MR) is 104 cm³/mol. The van der Waals surface area contributed by atoms with Crippen molar-refractivity contribution >= 4 is 16.8 Å². The average molecular weight is 363 g/mol. The quantitative estimate of drug-likeness (QED) is 0.772. The number of aromatic nitrogens is 1. The molecule has 0 aliphatic carbocycles. The minimum atomic E-state index is -0.134. The summed E-state index contributed by atoms with van der Waals surface area (Å²) >= 11 is 0. The van der Waals surface area contributed by atoms with E-state index in [1.165, 1.54) is 0 Å². The topological polar surface area (TPSA) is 63.7 Å². The number of hydrazine groups is 1. The number of nitrogens with one attached hydrogen (secondary N) is 1. The third-order valence-electron chi connectivity index (χ3n) is 4.62. The van der Waals surface area contributed by atoms with Gasteiger partial charge in [0, 0.05) is 24.0 Å². The van der Waals surface area contributed by atoms with E-state index >= 15 is 0 Å². The molecular weight excluding hydrogens is 342 g/mol. The second-order valence-electron chi connectivity index (χ2n) is 6.34. The smallest absolute Gasteiger partial charge is 0.266 e. The van der Waals surface area contributed by atoms with Crippen LogP contribution in [0, 0.1) is 0 Å². The van der Waals surface area contributed by atoms with Crippen molar-refractivity contribution in [3.8, 4) is 17.0 Å². The van der Waals surface area contributed by atoms with Gasteiger partial charge in [-0.05, 0) is 36.4 Å². The first-order chi connectivity index (χ1) is 13.2. The lowest BCUT2D eigenvalue weighted by molar-refractivity contribution is 0.0127. The normalized spacial score (nSPS) is 14.9. The van der Waals surface area contributed by atoms with Gasteiger partial charge in [0.2, 0.25) is 0 Å². The molecule has 0 unspecified atom stereocenters. The van der Waals surface area contributed by atoms with Crippen LogP contribution in [0.2, 0.25) is 0 Å². The van der Waals surface area contributed by atoms with Crippen molar-refractivity contribution in [1.82, 2.24) is 15.4 Å². The summed E-state index contributed by atoms with van der Waals surface area (Å²) in [4.78, 5) is 17.7. The molecular formula is C21H21N3O3. The van der Waals surface area contributed by atoms with Crippen molar-refractivity contribution in [2.75, 3.05) is 33.4 Å². The summed E-state index contributed by atoms with van der Waals surface area (Å²) in [5.74, 6) is 0.648. The Bertz CT molecular complexity index is 951. The Hall–Kier alpha value is -2.96. The number of methoxy groups -OCH3 is 1. The van der Waals surface area contributed by atoms with Crippen LogP contribution in [-0.2, 0) is 4.74 Å². The van der Waals surface area contributed by atoms with E-state index in [1.54, 1.807) is 7.11 Å². The van der Waals surface area contributed by atoms with Crippen molar-refractivity contribution < 1.29 is 14.3 Å². The molecule has 6 nitrogen and oxygen atoms in total. The van der Waals surface area contributed by atoms with Gasteiger partial charge in [-0.15, -0.1) is 0 Å². The van der Waals surface area contributed by atoms with Crippen LogP contribution in [0.15, 0.2) is 54.6 Å². The number of para-hydroxylation sites is 1. The number of hydrogen-bond donors (Lipinski definition) is 1. The van der Waals surface area contributed by atoms with Gasteiger partial charge in [0.25, 0.3) is 5.91 Å². The lowest BCUT2D eigenvalue weighted by Gasteiger charge is -2.27. The van der Waals surface area contributed by atoms with Crippen molar-refractivity contribution in [1.29, 1.82) is 0 Å². The van der Waals surface area contributed by atoms with Crippen LogP contribution in [0.4, 0.5) is 0 Å². The van der Waals surface area contributed by atoms with Crippen LogP contribution in [0.3, 0.4) is 0 Å². The molecule has 1 amide bonds. The number of nitrogens with zero attached hydrogens (tertiary/aromatic N) is 2. The fraction of sp³-hybridized carbons (Fsp3) is 0.238. The fourth-order valence-corrected chi connectivity index (χ4v) is 3.15. The maximum Gasteiger partial charge on any atom is 0.266 e. The van der Waals surface area contributed by atoms with E-state index in [0.29, 0.717) is 31.9 Å². The molecule has 1 N–H and O–H groups in total. The Kier molecular flexibility index (Phi) is 5.00. The van der Waals surface area contributed by atoms with E-state index in [2.05, 4.69) is 5.43 Å². The van der Waals surface area contributed by atoms with Crippen LogP contribution in [0.1, 0.15) is 10.4 Å². The number of rotatable bonds is 4. The molecule has 4 rings (SSSR count). The van der Waals surface area contributed by atoms with Gasteiger partial charge in [0.1, 0.15) is 5.75 Å². The van der Waals surface area contributed by atoms with Gasteiger partial charge in [-0.3, -0.25) is 10.2 Å². The number of carbonyl (C=O) groups is 1. The highest BCUT2D eigenvalue weighted by Crippen LogP contribution is 2.26. The summed E-state index contributed by atoms with van der Waals surface area (Å²) < 4.78 is 10.6. The zero-order valence-corrected chi connectivity index (χ0v) is 15.1. The van der Waals surface area contributed by atoms with Crippen molar-refractivity contribution in [2.45, 2.75) is 0 Å². The Balaban J connectivity index is 1.72. The van der Waals surface area contributed by atoms with Crippen LogP contribution >= 0.6 is 0 Å². The van der Waals surface area contributed by atoms with Crippen molar-refractivity contribution in [3.05, 3.63) is 60.2 Å². The second-order valence-corrected chi connectivity index (χ2v) is 6.34. The van der Waals surface area contributed by atoms with E-state index in [1.807, 2.05) is 59.6 Å². The molecule has 27 heavy (non-hydrogen) atoms. The van der Waals surface area contributed by atoms with Gasteiger partial charge < -0.3 is 9.47 Å². The first-order valence-corrected chi connectivity index (χ1v) is 8.92. The average Bonchev–Trinajstić information content (AvgIpc) is 2.73. The van der Waals surface area contributed by atoms with Crippen molar-refractivity contribution in [3.63, 3.8) is 0 Å². The third kappa shape index (κ3) is 3.77. The van der Waals surface area contributed by atoms with Gasteiger partial charge in [-0.1, -0.05) is 18.2 Å². The molecule has 3 aromatic rings. The molecule has 0 atom stereocenters. The molecule has 138 valence electrons. The molecule has 1 aliphatic heterocycles. The lowest BCUT2D eigenvalue weighted by atomic mass is 10.0. The first-order valence-electron chi connectivity index (χ1n) is 8.92. The standard InChI is InChI=1S/C21H21N3O3/c1-26-16-8-6-15(7-9-16)20-14-18(17-4-2-3-5-19(17)22-20)21(25)23-24-10-12-27-13-11-24/h2-9,14H,10-13H2,1H3,(H,23,25). The van der Waals surface area contributed by atoms with E-state index in [4.69, 9.17) is 14.5 Å². The molecule has 2 heterocycles. The van der Waals surface area contributed by atoms with Crippen LogP contribution < -0.4 is 10.2 Å². The van der Waals surface area contributed by atoms with Crippen molar-refractivity contribution in [2.24, 2.45) is 0 Å². The Labute approximate surface area is 157 Å². The molecule has 1 fully saturated rings. The third-order valence-corrected chi connectivity index (χ3v) is 4.62. The SMILES string of the molecule is COc1ccc(-c2cc(C(=O)NN3CCOCC3)c3ccccc3n2)cc1. The summed E-state index contributed by atoms with van der Waals surface area (Å²) in [6.07, 6.45) is 0. The van der Waals surface area contributed by atoms with Gasteiger partial charge >= 0.3 is 0 Å². The molecule has 0 bridgehead atoms. The molecule has 1 aliphatic rings. The number of hydrogen-bond acceptors (Lipinski definition) is 5. The van der Waals surface area contributed by atoms with Crippen LogP contribution in [-0.4, -0.2) is 49.3 Å². The summed E-state index contributed by atoms with van der Waals surface area (Å²) in [5.41, 5.74) is 6.08. The van der Waals surface area contributed by atoms with E-state index in [0.717, 1.165) is 27.9 Å². The largest absolute Gasteiger partial charge is 0.497 e. The molecule has 0 radical (unpaired) electrons. The Morgan fingerprint density at radius 3 is 2.59 bits per heavy atom. The highest BCUT2D eigenvalue weighted by atomic mass is 16.5. The lowest BCUT2D eigenvalue weighted by Crippen LogP contribution is -2.48. The monoisotopic (exact) mass is 363 g/mol. The number of ether oxygens (including phenoxy) is 2.